The van der Waals surface area contributed by atoms with Gasteiger partial charge in [0.15, 0.2) is 0 Å². The number of nitrogens with one attached hydrogen (secondary N) is 3. The molecule has 0 bridgehead atoms. The Hall–Kier alpha value is -3.87. The van der Waals surface area contributed by atoms with Crippen molar-refractivity contribution in [1.82, 2.24) is 9.88 Å². The van der Waals surface area contributed by atoms with Crippen LogP contribution in [-0.2, 0) is 6.54 Å². The summed E-state index contributed by atoms with van der Waals surface area (Å²) in [6.45, 7) is 2.48. The molecule has 0 radical (unpaired) electrons. The molecule has 160 valence electrons. The van der Waals surface area contributed by atoms with Crippen LogP contribution in [0.4, 0.5) is 11.5 Å². The van der Waals surface area contributed by atoms with Gasteiger partial charge >= 0.3 is 0 Å². The molecular weight excluding hydrogens is 390 g/mol. The maximum absolute atomic E-state index is 12.9. The van der Waals surface area contributed by atoms with E-state index < -0.39 is 0 Å². The molecule has 3 rings (SSSR count). The largest absolute Gasteiger partial charge is 0.497 e. The molecule has 3 N–H and O–H groups in total. The van der Waals surface area contributed by atoms with Crippen LogP contribution in [-0.4, -0.2) is 42.8 Å². The molecular formula is C24H27N5O2. The van der Waals surface area contributed by atoms with Gasteiger partial charge < -0.3 is 20.3 Å². The van der Waals surface area contributed by atoms with E-state index in [-0.39, 0.29) is 5.91 Å². The van der Waals surface area contributed by atoms with Gasteiger partial charge in [0.25, 0.3) is 5.91 Å². The molecule has 0 saturated carbocycles. The van der Waals surface area contributed by atoms with Gasteiger partial charge in [0.2, 0.25) is 0 Å². The van der Waals surface area contributed by atoms with Crippen LogP contribution < -0.4 is 15.4 Å². The number of rotatable bonds is 7. The molecule has 0 atom stereocenters. The summed E-state index contributed by atoms with van der Waals surface area (Å²) in [6.07, 6.45) is 1.71. The van der Waals surface area contributed by atoms with Crippen molar-refractivity contribution in [2.75, 3.05) is 31.8 Å². The number of benzene rings is 2. The maximum atomic E-state index is 12.9. The van der Waals surface area contributed by atoms with E-state index in [4.69, 9.17) is 10.1 Å². The third-order valence-electron chi connectivity index (χ3n) is 4.78. The normalized spacial score (nSPS) is 10.3. The van der Waals surface area contributed by atoms with Crippen LogP contribution in [0.3, 0.4) is 0 Å². The Morgan fingerprint density at radius 2 is 1.84 bits per heavy atom. The number of amides is 1. The highest BCUT2D eigenvalue weighted by molar-refractivity contribution is 6.08. The fourth-order valence-corrected chi connectivity index (χ4v) is 2.95. The third-order valence-corrected chi connectivity index (χ3v) is 4.78. The van der Waals surface area contributed by atoms with E-state index >= 15 is 0 Å². The molecule has 0 aliphatic heterocycles. The topological polar surface area (TPSA) is 90.3 Å². The van der Waals surface area contributed by atoms with Crippen LogP contribution in [0.5, 0.6) is 5.75 Å². The Labute approximate surface area is 182 Å². The Kier molecular flexibility index (Phi) is 6.87. The predicted molar refractivity (Wildman–Crippen MR) is 124 cm³/mol. The highest BCUT2D eigenvalue weighted by Crippen LogP contribution is 2.24. The number of carbonyl (C=O) groups excluding carboxylic acids is 1. The lowest BCUT2D eigenvalue weighted by molar-refractivity contribution is 0.102. The first kappa shape index (κ1) is 21.8. The lowest BCUT2D eigenvalue weighted by atomic mass is 10.1. The first-order valence-corrected chi connectivity index (χ1v) is 9.88. The van der Waals surface area contributed by atoms with Crippen LogP contribution in [0.1, 0.15) is 27.0 Å². The molecule has 0 spiro atoms. The van der Waals surface area contributed by atoms with E-state index in [2.05, 4.69) is 15.6 Å². The minimum absolute atomic E-state index is 0.271. The van der Waals surface area contributed by atoms with Crippen molar-refractivity contribution in [1.29, 1.82) is 5.41 Å². The summed E-state index contributed by atoms with van der Waals surface area (Å²) < 4.78 is 5.30. The molecule has 7 heteroatoms. The van der Waals surface area contributed by atoms with E-state index in [1.165, 1.54) is 0 Å². The number of nitrogens with zero attached hydrogens (tertiary/aromatic N) is 2. The molecule has 0 aliphatic rings. The molecule has 31 heavy (non-hydrogen) atoms. The summed E-state index contributed by atoms with van der Waals surface area (Å²) in [5.41, 5.74) is 4.07. The molecule has 1 heterocycles. The minimum atomic E-state index is -0.271. The van der Waals surface area contributed by atoms with Crippen molar-refractivity contribution in [3.8, 4) is 5.75 Å². The summed E-state index contributed by atoms with van der Waals surface area (Å²) in [6, 6.07) is 16.8. The quantitative estimate of drug-likeness (QED) is 0.397. The third kappa shape index (κ3) is 5.60. The van der Waals surface area contributed by atoms with Gasteiger partial charge in [0, 0.05) is 38.1 Å². The standard InChI is InChI=1S/C24H27N5O2/c1-16-5-12-22(27-14-16)28-24(30)20-13-19(31-4)10-11-21(20)26-15-17-6-8-18(9-7-17)23(25)29(2)3/h5-14,25-26H,15H2,1-4H3,(H,27,28,30). The summed E-state index contributed by atoms with van der Waals surface area (Å²) in [7, 11) is 5.26. The Morgan fingerprint density at radius 3 is 2.45 bits per heavy atom. The zero-order valence-electron chi connectivity index (χ0n) is 18.2. The van der Waals surface area contributed by atoms with Crippen LogP contribution in [0.25, 0.3) is 0 Å². The highest BCUT2D eigenvalue weighted by atomic mass is 16.5. The average molecular weight is 418 g/mol. The number of aromatic nitrogens is 1. The van der Waals surface area contributed by atoms with Crippen LogP contribution in [0.15, 0.2) is 60.8 Å². The number of hydrogen-bond acceptors (Lipinski definition) is 5. The van der Waals surface area contributed by atoms with Crippen molar-refractivity contribution in [2.45, 2.75) is 13.5 Å². The zero-order chi connectivity index (χ0) is 22.4. The molecule has 1 aromatic heterocycles. The number of methoxy groups -OCH3 is 1. The maximum Gasteiger partial charge on any atom is 0.259 e. The first-order valence-electron chi connectivity index (χ1n) is 9.88. The van der Waals surface area contributed by atoms with Crippen LogP contribution in [0.2, 0.25) is 0 Å². The smallest absolute Gasteiger partial charge is 0.259 e. The van der Waals surface area contributed by atoms with Gasteiger partial charge in [-0.25, -0.2) is 4.98 Å². The van der Waals surface area contributed by atoms with Crippen LogP contribution in [0, 0.1) is 12.3 Å². The van der Waals surface area contributed by atoms with E-state index in [1.807, 2.05) is 63.5 Å². The summed E-state index contributed by atoms with van der Waals surface area (Å²) >= 11 is 0. The Bertz CT molecular complexity index is 1060. The molecule has 0 saturated heterocycles. The van der Waals surface area contributed by atoms with Crippen molar-refractivity contribution in [3.05, 3.63) is 83.0 Å². The van der Waals surface area contributed by atoms with Gasteiger partial charge in [-0.1, -0.05) is 30.3 Å². The van der Waals surface area contributed by atoms with Gasteiger partial charge in [-0.15, -0.1) is 0 Å². The number of carbonyl (C=O) groups is 1. The summed E-state index contributed by atoms with van der Waals surface area (Å²) in [5, 5.41) is 14.2. The van der Waals surface area contributed by atoms with Crippen molar-refractivity contribution >= 4 is 23.2 Å². The summed E-state index contributed by atoms with van der Waals surface area (Å²) in [4.78, 5) is 18.9. The second kappa shape index (κ2) is 9.75. The molecule has 0 fully saturated rings. The van der Waals surface area contributed by atoms with Gasteiger partial charge in [0.1, 0.15) is 17.4 Å². The van der Waals surface area contributed by atoms with Crippen molar-refractivity contribution in [2.24, 2.45) is 0 Å². The molecule has 0 aliphatic carbocycles. The number of anilines is 2. The SMILES string of the molecule is COc1ccc(NCc2ccc(C(=N)N(C)C)cc2)c(C(=O)Nc2ccc(C)cn2)c1. The molecule has 7 nitrogen and oxygen atoms in total. The molecule has 2 aromatic carbocycles. The van der Waals surface area contributed by atoms with Gasteiger partial charge in [-0.3, -0.25) is 10.2 Å². The summed E-state index contributed by atoms with van der Waals surface area (Å²) in [5.74, 6) is 1.27. The number of aryl methyl sites for hydroxylation is 1. The van der Waals surface area contributed by atoms with Crippen molar-refractivity contribution < 1.29 is 9.53 Å². The van der Waals surface area contributed by atoms with Crippen molar-refractivity contribution in [3.63, 3.8) is 0 Å². The number of ether oxygens (including phenoxy) is 1. The van der Waals surface area contributed by atoms with Gasteiger partial charge in [-0.2, -0.15) is 0 Å². The number of hydrogen-bond donors (Lipinski definition) is 3. The second-order valence-electron chi connectivity index (χ2n) is 7.38. The monoisotopic (exact) mass is 417 g/mol. The predicted octanol–water partition coefficient (Wildman–Crippen LogP) is 4.15. The molecule has 1 amide bonds. The average Bonchev–Trinajstić information content (AvgIpc) is 2.78. The molecule has 0 unspecified atom stereocenters. The van der Waals surface area contributed by atoms with E-state index in [9.17, 15) is 4.79 Å². The fourth-order valence-electron chi connectivity index (χ4n) is 2.95. The van der Waals surface area contributed by atoms with E-state index in [0.717, 1.165) is 16.7 Å². The Balaban J connectivity index is 1.75. The van der Waals surface area contributed by atoms with Crippen LogP contribution >= 0.6 is 0 Å². The fraction of sp³-hybridized carbons (Fsp3) is 0.208. The van der Waals surface area contributed by atoms with Gasteiger partial charge in [0.05, 0.1) is 12.7 Å². The Morgan fingerprint density at radius 1 is 1.10 bits per heavy atom. The zero-order valence-corrected chi connectivity index (χ0v) is 18.2. The minimum Gasteiger partial charge on any atom is -0.497 e. The lowest BCUT2D eigenvalue weighted by Gasteiger charge is -2.15. The number of pyridine rings is 1. The van der Waals surface area contributed by atoms with E-state index in [1.54, 1.807) is 30.3 Å². The molecule has 3 aromatic rings. The first-order chi connectivity index (χ1) is 14.9. The number of amidine groups is 1. The lowest BCUT2D eigenvalue weighted by Crippen LogP contribution is -2.21. The second-order valence-corrected chi connectivity index (χ2v) is 7.38. The van der Waals surface area contributed by atoms with E-state index in [0.29, 0.717) is 35.2 Å². The highest BCUT2D eigenvalue weighted by Gasteiger charge is 2.14. The van der Waals surface area contributed by atoms with Gasteiger partial charge in [-0.05, 0) is 42.3 Å².